The number of pyridine rings is 1. The lowest BCUT2D eigenvalue weighted by Gasteiger charge is -2.31. The third kappa shape index (κ3) is 3.10. The molecule has 1 aliphatic carbocycles. The third-order valence-corrected chi connectivity index (χ3v) is 5.28. The van der Waals surface area contributed by atoms with Gasteiger partial charge in [-0.25, -0.2) is 13.1 Å². The summed E-state index contributed by atoms with van der Waals surface area (Å²) in [6.45, 7) is 1.89. The van der Waals surface area contributed by atoms with E-state index in [0.717, 1.165) is 12.8 Å². The molecule has 1 unspecified atom stereocenters. The SMILES string of the molecule is CC(NS(=O)(=O)c1cccnc1C(N)=S)C1CCC1. The Bertz CT molecular complexity index is 582. The van der Waals surface area contributed by atoms with Crippen LogP contribution in [0, 0.1) is 5.92 Å². The van der Waals surface area contributed by atoms with Gasteiger partial charge in [-0.3, -0.25) is 4.98 Å². The molecule has 0 saturated heterocycles. The van der Waals surface area contributed by atoms with Crippen LogP contribution in [0.4, 0.5) is 0 Å². The molecule has 0 bridgehead atoms. The fourth-order valence-corrected chi connectivity index (χ4v) is 3.85. The van der Waals surface area contributed by atoms with Crippen molar-refractivity contribution in [3.63, 3.8) is 0 Å². The monoisotopic (exact) mass is 299 g/mol. The highest BCUT2D eigenvalue weighted by Gasteiger charge is 2.29. The van der Waals surface area contributed by atoms with Gasteiger partial charge in [0.2, 0.25) is 10.0 Å². The maximum atomic E-state index is 12.3. The number of sulfonamides is 1. The second kappa shape index (κ2) is 5.52. The van der Waals surface area contributed by atoms with E-state index in [0.29, 0.717) is 5.92 Å². The van der Waals surface area contributed by atoms with E-state index in [4.69, 9.17) is 18.0 Å². The fraction of sp³-hybridized carbons (Fsp3) is 0.500. The molecule has 7 heteroatoms. The lowest BCUT2D eigenvalue weighted by Crippen LogP contribution is -2.41. The highest BCUT2D eigenvalue weighted by atomic mass is 32.2. The molecule has 1 aliphatic rings. The van der Waals surface area contributed by atoms with Crippen molar-refractivity contribution in [2.24, 2.45) is 11.7 Å². The Morgan fingerprint density at radius 3 is 2.79 bits per heavy atom. The predicted molar refractivity (Wildman–Crippen MR) is 77.2 cm³/mol. The second-order valence-electron chi connectivity index (χ2n) is 4.82. The van der Waals surface area contributed by atoms with E-state index in [2.05, 4.69) is 9.71 Å². The Kier molecular flexibility index (Phi) is 4.17. The zero-order chi connectivity index (χ0) is 14.0. The zero-order valence-corrected chi connectivity index (χ0v) is 12.3. The number of nitrogens with zero attached hydrogens (tertiary/aromatic N) is 1. The number of aromatic nitrogens is 1. The minimum Gasteiger partial charge on any atom is -0.388 e. The van der Waals surface area contributed by atoms with Crippen LogP contribution in [0.1, 0.15) is 31.9 Å². The van der Waals surface area contributed by atoms with E-state index in [9.17, 15) is 8.42 Å². The van der Waals surface area contributed by atoms with E-state index in [-0.39, 0.29) is 21.6 Å². The summed E-state index contributed by atoms with van der Waals surface area (Å²) in [7, 11) is -3.64. The number of hydrogen-bond donors (Lipinski definition) is 2. The summed E-state index contributed by atoms with van der Waals surface area (Å²) in [5.74, 6) is 0.416. The van der Waals surface area contributed by atoms with Gasteiger partial charge < -0.3 is 5.73 Å². The molecule has 0 amide bonds. The van der Waals surface area contributed by atoms with Gasteiger partial charge in [0.05, 0.1) is 0 Å². The van der Waals surface area contributed by atoms with Crippen molar-refractivity contribution < 1.29 is 8.42 Å². The fourth-order valence-electron chi connectivity index (χ4n) is 2.14. The molecule has 1 heterocycles. The maximum Gasteiger partial charge on any atom is 0.243 e. The van der Waals surface area contributed by atoms with Gasteiger partial charge in [-0.15, -0.1) is 0 Å². The zero-order valence-electron chi connectivity index (χ0n) is 10.7. The van der Waals surface area contributed by atoms with Gasteiger partial charge in [0, 0.05) is 12.2 Å². The number of thiocarbonyl (C=S) groups is 1. The maximum absolute atomic E-state index is 12.3. The molecule has 19 heavy (non-hydrogen) atoms. The molecular formula is C12H17N3O2S2. The van der Waals surface area contributed by atoms with Gasteiger partial charge in [-0.05, 0) is 37.8 Å². The Hall–Kier alpha value is -1.05. The van der Waals surface area contributed by atoms with Crippen LogP contribution < -0.4 is 10.5 Å². The van der Waals surface area contributed by atoms with Crippen LogP contribution in [0.5, 0.6) is 0 Å². The number of nitrogens with two attached hydrogens (primary N) is 1. The molecular weight excluding hydrogens is 282 g/mol. The van der Waals surface area contributed by atoms with E-state index >= 15 is 0 Å². The van der Waals surface area contributed by atoms with Crippen LogP contribution in [-0.2, 0) is 10.0 Å². The van der Waals surface area contributed by atoms with Crippen LogP contribution in [0.25, 0.3) is 0 Å². The first-order valence-electron chi connectivity index (χ1n) is 6.19. The van der Waals surface area contributed by atoms with Gasteiger partial charge in [-0.2, -0.15) is 0 Å². The highest BCUT2D eigenvalue weighted by Crippen LogP contribution is 2.30. The molecule has 3 N–H and O–H groups in total. The number of hydrogen-bond acceptors (Lipinski definition) is 4. The summed E-state index contributed by atoms with van der Waals surface area (Å²) < 4.78 is 27.4. The lowest BCUT2D eigenvalue weighted by molar-refractivity contribution is 0.260. The summed E-state index contributed by atoms with van der Waals surface area (Å²) in [6, 6.07) is 2.94. The molecule has 1 saturated carbocycles. The van der Waals surface area contributed by atoms with Crippen LogP contribution >= 0.6 is 12.2 Å². The Morgan fingerprint density at radius 1 is 1.58 bits per heavy atom. The largest absolute Gasteiger partial charge is 0.388 e. The topological polar surface area (TPSA) is 85.1 Å². The van der Waals surface area contributed by atoms with Crippen molar-refractivity contribution in [1.82, 2.24) is 9.71 Å². The summed E-state index contributed by atoms with van der Waals surface area (Å²) in [5.41, 5.74) is 5.66. The van der Waals surface area contributed by atoms with Crippen molar-refractivity contribution >= 4 is 27.2 Å². The molecule has 0 aromatic carbocycles. The summed E-state index contributed by atoms with van der Waals surface area (Å²) in [5, 5.41) is 0. The molecule has 104 valence electrons. The summed E-state index contributed by atoms with van der Waals surface area (Å²) in [4.78, 5) is 3.98. The average Bonchev–Trinajstić information content (AvgIpc) is 2.25. The van der Waals surface area contributed by atoms with Crippen molar-refractivity contribution in [3.8, 4) is 0 Å². The predicted octanol–water partition coefficient (Wildman–Crippen LogP) is 1.18. The summed E-state index contributed by atoms with van der Waals surface area (Å²) in [6.07, 6.45) is 4.78. The van der Waals surface area contributed by atoms with Crippen molar-refractivity contribution in [2.75, 3.05) is 0 Å². The van der Waals surface area contributed by atoms with Crippen LogP contribution in [0.2, 0.25) is 0 Å². The number of rotatable bonds is 5. The minimum atomic E-state index is -3.64. The molecule has 1 fully saturated rings. The van der Waals surface area contributed by atoms with E-state index in [1.54, 1.807) is 6.07 Å². The van der Waals surface area contributed by atoms with Crippen molar-refractivity contribution in [1.29, 1.82) is 0 Å². The van der Waals surface area contributed by atoms with Crippen LogP contribution in [0.15, 0.2) is 23.2 Å². The van der Waals surface area contributed by atoms with Crippen molar-refractivity contribution in [2.45, 2.75) is 37.1 Å². The molecule has 1 atom stereocenters. The van der Waals surface area contributed by atoms with Crippen molar-refractivity contribution in [3.05, 3.63) is 24.0 Å². The molecule has 1 aromatic rings. The molecule has 0 spiro atoms. The Labute approximate surface area is 118 Å². The average molecular weight is 299 g/mol. The summed E-state index contributed by atoms with van der Waals surface area (Å²) >= 11 is 4.84. The standard InChI is InChI=1S/C12H17N3O2S2/c1-8(9-4-2-5-9)15-19(16,17)10-6-3-7-14-11(10)12(13)18/h3,6-9,15H,2,4-5H2,1H3,(H2,13,18). The first-order chi connectivity index (χ1) is 8.92. The highest BCUT2D eigenvalue weighted by molar-refractivity contribution is 7.89. The smallest absolute Gasteiger partial charge is 0.243 e. The first-order valence-corrected chi connectivity index (χ1v) is 8.08. The van der Waals surface area contributed by atoms with Gasteiger partial charge in [-0.1, -0.05) is 18.6 Å². The Balaban J connectivity index is 2.26. The lowest BCUT2D eigenvalue weighted by atomic mass is 9.81. The van der Waals surface area contributed by atoms with Gasteiger partial charge in [0.15, 0.2) is 0 Å². The quantitative estimate of drug-likeness (QED) is 0.798. The molecule has 1 aromatic heterocycles. The second-order valence-corrected chi connectivity index (χ2v) is 6.94. The molecule has 0 radical (unpaired) electrons. The van der Waals surface area contributed by atoms with Crippen LogP contribution in [-0.4, -0.2) is 24.4 Å². The third-order valence-electron chi connectivity index (χ3n) is 3.49. The van der Waals surface area contributed by atoms with E-state index < -0.39 is 10.0 Å². The Morgan fingerprint density at radius 2 is 2.26 bits per heavy atom. The van der Waals surface area contributed by atoms with Gasteiger partial charge in [0.1, 0.15) is 15.6 Å². The molecule has 5 nitrogen and oxygen atoms in total. The van der Waals surface area contributed by atoms with Gasteiger partial charge in [0.25, 0.3) is 0 Å². The molecule has 0 aliphatic heterocycles. The van der Waals surface area contributed by atoms with Gasteiger partial charge >= 0.3 is 0 Å². The van der Waals surface area contributed by atoms with Crippen LogP contribution in [0.3, 0.4) is 0 Å². The minimum absolute atomic E-state index is 0.0164. The molecule has 2 rings (SSSR count). The number of nitrogens with one attached hydrogen (secondary N) is 1. The van der Waals surface area contributed by atoms with E-state index in [1.165, 1.54) is 18.7 Å². The normalized spacial score (nSPS) is 17.7. The van der Waals surface area contributed by atoms with E-state index in [1.807, 2.05) is 6.92 Å². The first kappa shape index (κ1) is 14.4.